The van der Waals surface area contributed by atoms with Crippen molar-refractivity contribution in [1.29, 1.82) is 0 Å². The van der Waals surface area contributed by atoms with Gasteiger partial charge in [-0.15, -0.1) is 0 Å². The summed E-state index contributed by atoms with van der Waals surface area (Å²) in [6, 6.07) is 0. The average molecular weight is 154 g/mol. The third kappa shape index (κ3) is 5.06. The maximum Gasteiger partial charge on any atom is -0.0200 e. The van der Waals surface area contributed by atoms with E-state index in [2.05, 4.69) is 47.6 Å². The van der Waals surface area contributed by atoms with Crippen LogP contribution < -0.4 is 0 Å². The van der Waals surface area contributed by atoms with Gasteiger partial charge < -0.3 is 0 Å². The van der Waals surface area contributed by atoms with Crippen LogP contribution in [0.2, 0.25) is 0 Å². The van der Waals surface area contributed by atoms with Gasteiger partial charge in [-0.2, -0.15) is 0 Å². The lowest BCUT2D eigenvalue weighted by Crippen LogP contribution is -2.04. The van der Waals surface area contributed by atoms with Crippen LogP contribution in [-0.2, 0) is 0 Å². The second-order valence-electron chi connectivity index (χ2n) is 4.56. The Hall–Kier alpha value is -0.260. The highest BCUT2D eigenvalue weighted by Crippen LogP contribution is 2.22. The smallest absolute Gasteiger partial charge is 0.0200 e. The summed E-state index contributed by atoms with van der Waals surface area (Å²) in [5, 5.41) is 0. The van der Waals surface area contributed by atoms with E-state index in [4.69, 9.17) is 0 Å². The Balaban J connectivity index is 4.22. The zero-order chi connectivity index (χ0) is 9.07. The van der Waals surface area contributed by atoms with Crippen LogP contribution >= 0.6 is 0 Å². The fourth-order valence-electron chi connectivity index (χ4n) is 1.15. The first-order valence-electron chi connectivity index (χ1n) is 4.56. The fourth-order valence-corrected chi connectivity index (χ4v) is 1.15. The molecule has 0 bridgehead atoms. The lowest BCUT2D eigenvalue weighted by molar-refractivity contribution is 0.525. The third-order valence-corrected chi connectivity index (χ3v) is 2.05. The third-order valence-electron chi connectivity index (χ3n) is 2.05. The van der Waals surface area contributed by atoms with Crippen molar-refractivity contribution in [3.8, 4) is 0 Å². The molecule has 0 radical (unpaired) electrons. The van der Waals surface area contributed by atoms with Gasteiger partial charge in [-0.1, -0.05) is 46.3 Å². The molecule has 0 aliphatic rings. The van der Waals surface area contributed by atoms with E-state index in [0.717, 1.165) is 5.92 Å². The highest BCUT2D eigenvalue weighted by molar-refractivity contribution is 5.06. The summed E-state index contributed by atoms with van der Waals surface area (Å²) in [5.74, 6) is 0.745. The summed E-state index contributed by atoms with van der Waals surface area (Å²) >= 11 is 0. The summed E-state index contributed by atoms with van der Waals surface area (Å²) in [4.78, 5) is 0. The van der Waals surface area contributed by atoms with E-state index < -0.39 is 0 Å². The maximum atomic E-state index is 2.38. The van der Waals surface area contributed by atoms with Crippen molar-refractivity contribution < 1.29 is 0 Å². The number of allylic oxidation sites excluding steroid dienone is 2. The Labute approximate surface area is 71.7 Å². The van der Waals surface area contributed by atoms with Gasteiger partial charge in [-0.3, -0.25) is 0 Å². The van der Waals surface area contributed by atoms with Crippen molar-refractivity contribution in [1.82, 2.24) is 0 Å². The van der Waals surface area contributed by atoms with E-state index in [0.29, 0.717) is 5.41 Å². The zero-order valence-corrected chi connectivity index (χ0v) is 8.86. The molecule has 0 saturated heterocycles. The minimum atomic E-state index is 0.341. The number of hydrogen-bond acceptors (Lipinski definition) is 0. The molecule has 1 unspecified atom stereocenters. The van der Waals surface area contributed by atoms with Crippen LogP contribution in [0.1, 0.15) is 48.0 Å². The topological polar surface area (TPSA) is 0 Å². The fraction of sp³-hybridized carbons (Fsp3) is 0.818. The van der Waals surface area contributed by atoms with Crippen LogP contribution in [-0.4, -0.2) is 0 Å². The molecular weight excluding hydrogens is 132 g/mol. The Morgan fingerprint density at radius 2 is 1.82 bits per heavy atom. The molecule has 1 atom stereocenters. The standard InChI is InChI=1S/C11H22/c1-7-9(2)10(3)8-11(4,5)6/h8-9H,7H2,1-6H3/b10-8+. The molecule has 0 aromatic heterocycles. The average Bonchev–Trinajstić information content (AvgIpc) is 1.82. The Morgan fingerprint density at radius 1 is 1.36 bits per heavy atom. The van der Waals surface area contributed by atoms with E-state index in [-0.39, 0.29) is 0 Å². The molecule has 0 spiro atoms. The second-order valence-corrected chi connectivity index (χ2v) is 4.56. The molecule has 0 N–H and O–H groups in total. The zero-order valence-electron chi connectivity index (χ0n) is 8.86. The Morgan fingerprint density at radius 3 is 2.09 bits per heavy atom. The van der Waals surface area contributed by atoms with Gasteiger partial charge in [-0.05, 0) is 24.7 Å². The van der Waals surface area contributed by atoms with Crippen LogP contribution in [0.15, 0.2) is 11.6 Å². The molecular formula is C11H22. The van der Waals surface area contributed by atoms with Crippen LogP contribution in [0.4, 0.5) is 0 Å². The van der Waals surface area contributed by atoms with Crippen molar-refractivity contribution in [2.45, 2.75) is 48.0 Å². The molecule has 66 valence electrons. The van der Waals surface area contributed by atoms with Gasteiger partial charge in [0.15, 0.2) is 0 Å². The van der Waals surface area contributed by atoms with Crippen molar-refractivity contribution in [2.24, 2.45) is 11.3 Å². The van der Waals surface area contributed by atoms with Gasteiger partial charge in [0.05, 0.1) is 0 Å². The highest BCUT2D eigenvalue weighted by atomic mass is 14.1. The molecule has 0 nitrogen and oxygen atoms in total. The molecule has 0 aliphatic carbocycles. The predicted octanol–water partition coefficient (Wildman–Crippen LogP) is 4.02. The first-order chi connectivity index (χ1) is 4.87. The van der Waals surface area contributed by atoms with E-state index in [1.807, 2.05) is 0 Å². The van der Waals surface area contributed by atoms with E-state index in [1.54, 1.807) is 0 Å². The molecule has 0 heteroatoms. The van der Waals surface area contributed by atoms with Gasteiger partial charge in [0.25, 0.3) is 0 Å². The second kappa shape index (κ2) is 3.94. The normalized spacial score (nSPS) is 16.7. The minimum Gasteiger partial charge on any atom is -0.0799 e. The van der Waals surface area contributed by atoms with Crippen LogP contribution in [0.5, 0.6) is 0 Å². The van der Waals surface area contributed by atoms with Gasteiger partial charge in [0, 0.05) is 0 Å². The largest absolute Gasteiger partial charge is 0.0799 e. The lowest BCUT2D eigenvalue weighted by Gasteiger charge is -2.17. The van der Waals surface area contributed by atoms with Gasteiger partial charge in [0.1, 0.15) is 0 Å². The van der Waals surface area contributed by atoms with Gasteiger partial charge in [0.2, 0.25) is 0 Å². The van der Waals surface area contributed by atoms with Gasteiger partial charge >= 0.3 is 0 Å². The molecule has 0 saturated carbocycles. The van der Waals surface area contributed by atoms with E-state index in [1.165, 1.54) is 12.0 Å². The summed E-state index contributed by atoms with van der Waals surface area (Å²) in [6.45, 7) is 13.5. The van der Waals surface area contributed by atoms with Crippen molar-refractivity contribution >= 4 is 0 Å². The lowest BCUT2D eigenvalue weighted by atomic mass is 9.89. The SMILES string of the molecule is CCC(C)/C(C)=C/C(C)(C)C. The first-order valence-corrected chi connectivity index (χ1v) is 4.56. The van der Waals surface area contributed by atoms with Crippen molar-refractivity contribution in [2.75, 3.05) is 0 Å². The summed E-state index contributed by atoms with van der Waals surface area (Å²) in [7, 11) is 0. The molecule has 0 aromatic carbocycles. The number of rotatable bonds is 2. The molecule has 0 amide bonds. The minimum absolute atomic E-state index is 0.341. The molecule has 0 heterocycles. The molecule has 0 fully saturated rings. The van der Waals surface area contributed by atoms with Crippen LogP contribution in [0.25, 0.3) is 0 Å². The quantitative estimate of drug-likeness (QED) is 0.527. The van der Waals surface area contributed by atoms with Crippen molar-refractivity contribution in [3.63, 3.8) is 0 Å². The summed E-state index contributed by atoms with van der Waals surface area (Å²) in [5.41, 5.74) is 1.87. The summed E-state index contributed by atoms with van der Waals surface area (Å²) in [6.07, 6.45) is 3.62. The summed E-state index contributed by atoms with van der Waals surface area (Å²) < 4.78 is 0. The maximum absolute atomic E-state index is 2.38. The monoisotopic (exact) mass is 154 g/mol. The Kier molecular flexibility index (Phi) is 3.85. The molecule has 0 rings (SSSR count). The van der Waals surface area contributed by atoms with E-state index >= 15 is 0 Å². The molecule has 0 aromatic rings. The van der Waals surface area contributed by atoms with Crippen molar-refractivity contribution in [3.05, 3.63) is 11.6 Å². The highest BCUT2D eigenvalue weighted by Gasteiger charge is 2.08. The first kappa shape index (κ1) is 10.7. The van der Waals surface area contributed by atoms with E-state index in [9.17, 15) is 0 Å². The van der Waals surface area contributed by atoms with Crippen LogP contribution in [0, 0.1) is 11.3 Å². The number of hydrogen-bond donors (Lipinski definition) is 0. The predicted molar refractivity (Wildman–Crippen MR) is 52.7 cm³/mol. The molecule has 0 aliphatic heterocycles. The Bertz CT molecular complexity index is 135. The van der Waals surface area contributed by atoms with Gasteiger partial charge in [-0.25, -0.2) is 0 Å². The van der Waals surface area contributed by atoms with Crippen LogP contribution in [0.3, 0.4) is 0 Å². The molecule has 11 heavy (non-hydrogen) atoms.